The average Bonchev–Trinajstić information content (AvgIpc) is 2.78. The lowest BCUT2D eigenvalue weighted by molar-refractivity contribution is 0.602. The van der Waals surface area contributed by atoms with E-state index in [1.54, 1.807) is 0 Å². The summed E-state index contributed by atoms with van der Waals surface area (Å²) in [5.41, 5.74) is 2.70. The van der Waals surface area contributed by atoms with Crippen LogP contribution in [0.4, 0.5) is 0 Å². The third-order valence-corrected chi connectivity index (χ3v) is 3.85. The van der Waals surface area contributed by atoms with Gasteiger partial charge in [0.05, 0.1) is 0 Å². The number of para-hydroxylation sites is 1. The lowest BCUT2D eigenvalue weighted by Gasteiger charge is -2.06. The highest BCUT2D eigenvalue weighted by molar-refractivity contribution is 6.07. The van der Waals surface area contributed by atoms with Crippen molar-refractivity contribution in [2.45, 2.75) is 39.2 Å². The summed E-state index contributed by atoms with van der Waals surface area (Å²) < 4.78 is 2.47. The minimum absolute atomic E-state index is 1.12. The summed E-state index contributed by atoms with van der Waals surface area (Å²) in [6, 6.07) is 18.2. The third kappa shape index (κ3) is 2.25. The van der Waals surface area contributed by atoms with Crippen LogP contribution in [-0.2, 0) is 6.54 Å². The normalized spacial score (nSPS) is 11.4. The average molecular weight is 250 g/mol. The minimum atomic E-state index is 1.12. The van der Waals surface area contributed by atoms with Crippen LogP contribution in [0.3, 0.4) is 0 Å². The number of aryl methyl sites for hydroxylation is 1. The highest BCUT2D eigenvalue weighted by Gasteiger charge is 2.08. The van der Waals surface area contributed by atoms with Gasteiger partial charge in [-0.3, -0.25) is 0 Å². The Morgan fingerprint density at radius 3 is 2.68 bits per heavy atom. The maximum absolute atomic E-state index is 3.20. The summed E-state index contributed by atoms with van der Waals surface area (Å²) in [5, 5.41) is 2.68. The highest BCUT2D eigenvalue weighted by Crippen LogP contribution is 2.28. The Labute approximate surface area is 114 Å². The fourth-order valence-corrected chi connectivity index (χ4v) is 2.88. The predicted molar refractivity (Wildman–Crippen MR) is 82.4 cm³/mol. The van der Waals surface area contributed by atoms with Gasteiger partial charge in [0.2, 0.25) is 0 Å². The molecule has 19 heavy (non-hydrogen) atoms. The molecule has 3 rings (SSSR count). The first-order chi connectivity index (χ1) is 9.42. The molecule has 0 aliphatic rings. The van der Waals surface area contributed by atoms with Crippen molar-refractivity contribution in [3.63, 3.8) is 0 Å². The molecule has 2 aromatic carbocycles. The summed E-state index contributed by atoms with van der Waals surface area (Å²) in [4.78, 5) is 0. The summed E-state index contributed by atoms with van der Waals surface area (Å²) >= 11 is 0. The molecule has 1 aromatic heterocycles. The molecule has 97 valence electrons. The first-order valence-electron chi connectivity index (χ1n) is 7.29. The van der Waals surface area contributed by atoms with E-state index in [-0.39, 0.29) is 0 Å². The Morgan fingerprint density at radius 1 is 0.947 bits per heavy atom. The van der Waals surface area contributed by atoms with Crippen LogP contribution in [0.5, 0.6) is 0 Å². The van der Waals surface area contributed by atoms with E-state index in [9.17, 15) is 0 Å². The Morgan fingerprint density at radius 2 is 1.79 bits per heavy atom. The molecule has 0 aliphatic carbocycles. The Bertz CT molecular complexity index is 625. The minimum Gasteiger partial charge on any atom is -0.340 e. The number of benzene rings is 2. The highest BCUT2D eigenvalue weighted by atomic mass is 15.0. The molecule has 1 radical (unpaired) electrons. The molecule has 1 heteroatoms. The van der Waals surface area contributed by atoms with E-state index in [2.05, 4.69) is 54.0 Å². The lowest BCUT2D eigenvalue weighted by Crippen LogP contribution is -1.97. The van der Waals surface area contributed by atoms with Crippen LogP contribution in [0, 0.1) is 6.07 Å². The summed E-state index contributed by atoms with van der Waals surface area (Å²) in [7, 11) is 0. The van der Waals surface area contributed by atoms with Crippen molar-refractivity contribution in [2.24, 2.45) is 0 Å². The van der Waals surface area contributed by atoms with Gasteiger partial charge in [-0.25, -0.2) is 0 Å². The smallest absolute Gasteiger partial charge is 0.0491 e. The van der Waals surface area contributed by atoms with Gasteiger partial charge in [-0.1, -0.05) is 50.5 Å². The van der Waals surface area contributed by atoms with Crippen LogP contribution < -0.4 is 0 Å². The maximum Gasteiger partial charge on any atom is 0.0491 e. The molecule has 0 spiro atoms. The number of rotatable bonds is 5. The summed E-state index contributed by atoms with van der Waals surface area (Å²) in [5.74, 6) is 0. The number of aromatic nitrogens is 1. The fourth-order valence-electron chi connectivity index (χ4n) is 2.88. The number of nitrogens with zero attached hydrogens (tertiary/aromatic N) is 1. The third-order valence-electron chi connectivity index (χ3n) is 3.85. The number of hydrogen-bond donors (Lipinski definition) is 0. The largest absolute Gasteiger partial charge is 0.340 e. The van der Waals surface area contributed by atoms with Crippen LogP contribution in [0.15, 0.2) is 42.5 Å². The number of fused-ring (bicyclic) bond motifs is 3. The van der Waals surface area contributed by atoms with E-state index in [0.717, 1.165) is 6.54 Å². The molecule has 0 saturated heterocycles. The maximum atomic E-state index is 3.20. The lowest BCUT2D eigenvalue weighted by atomic mass is 10.2. The first-order valence-corrected chi connectivity index (χ1v) is 7.29. The van der Waals surface area contributed by atoms with E-state index in [0.29, 0.717) is 0 Å². The molecule has 1 heterocycles. The van der Waals surface area contributed by atoms with Gasteiger partial charge in [0.1, 0.15) is 0 Å². The molecule has 0 amide bonds. The molecule has 1 nitrogen and oxygen atoms in total. The molecule has 0 N–H and O–H groups in total. The van der Waals surface area contributed by atoms with Gasteiger partial charge in [0.25, 0.3) is 0 Å². The molecule has 0 saturated carbocycles. The van der Waals surface area contributed by atoms with Crippen LogP contribution in [-0.4, -0.2) is 4.57 Å². The molecule has 3 aromatic rings. The van der Waals surface area contributed by atoms with E-state index in [4.69, 9.17) is 0 Å². The van der Waals surface area contributed by atoms with Gasteiger partial charge in [-0.2, -0.15) is 0 Å². The summed E-state index contributed by atoms with van der Waals surface area (Å²) in [6.45, 7) is 3.38. The van der Waals surface area contributed by atoms with Crippen molar-refractivity contribution < 1.29 is 0 Å². The van der Waals surface area contributed by atoms with E-state index in [1.165, 1.54) is 47.5 Å². The molecule has 0 aliphatic heterocycles. The SMILES string of the molecule is CCCCCCn1c2cc[c]cc2c2ccccc21. The van der Waals surface area contributed by atoms with Crippen LogP contribution in [0.2, 0.25) is 0 Å². The van der Waals surface area contributed by atoms with E-state index >= 15 is 0 Å². The zero-order chi connectivity index (χ0) is 13.1. The molecule has 0 unspecified atom stereocenters. The molecule has 0 bridgehead atoms. The zero-order valence-electron chi connectivity index (χ0n) is 11.5. The molecule has 0 atom stereocenters. The van der Waals surface area contributed by atoms with Gasteiger partial charge in [0, 0.05) is 28.4 Å². The zero-order valence-corrected chi connectivity index (χ0v) is 11.5. The van der Waals surface area contributed by atoms with E-state index in [1.807, 2.05) is 6.07 Å². The van der Waals surface area contributed by atoms with Crippen molar-refractivity contribution >= 4 is 21.8 Å². The molecular formula is C18H20N. The Hall–Kier alpha value is -1.76. The van der Waals surface area contributed by atoms with Gasteiger partial charge >= 0.3 is 0 Å². The van der Waals surface area contributed by atoms with Gasteiger partial charge in [0.15, 0.2) is 0 Å². The number of unbranched alkanes of at least 4 members (excludes halogenated alkanes) is 3. The van der Waals surface area contributed by atoms with Crippen molar-refractivity contribution in [3.05, 3.63) is 48.5 Å². The standard InChI is InChI=1S/C18H20N/c1-2-3-4-9-14-19-17-12-7-5-10-15(17)16-11-6-8-13-18(16)19/h5,7-8,10-13H,2-4,9,14H2,1H3. The second-order valence-electron chi connectivity index (χ2n) is 5.17. The summed E-state index contributed by atoms with van der Waals surface area (Å²) in [6.07, 6.45) is 5.22. The quantitative estimate of drug-likeness (QED) is 0.550. The van der Waals surface area contributed by atoms with Crippen LogP contribution in [0.25, 0.3) is 21.8 Å². The topological polar surface area (TPSA) is 4.93 Å². The van der Waals surface area contributed by atoms with Crippen molar-refractivity contribution in [1.82, 2.24) is 4.57 Å². The Balaban J connectivity index is 2.04. The van der Waals surface area contributed by atoms with Crippen molar-refractivity contribution in [1.29, 1.82) is 0 Å². The van der Waals surface area contributed by atoms with Crippen molar-refractivity contribution in [3.8, 4) is 0 Å². The van der Waals surface area contributed by atoms with Crippen molar-refractivity contribution in [2.75, 3.05) is 0 Å². The van der Waals surface area contributed by atoms with Crippen LogP contribution >= 0.6 is 0 Å². The second-order valence-corrected chi connectivity index (χ2v) is 5.17. The number of hydrogen-bond acceptors (Lipinski definition) is 0. The second kappa shape index (κ2) is 5.48. The van der Waals surface area contributed by atoms with Gasteiger partial charge < -0.3 is 4.57 Å². The van der Waals surface area contributed by atoms with Gasteiger partial charge in [-0.15, -0.1) is 0 Å². The molecule has 0 fully saturated rings. The van der Waals surface area contributed by atoms with E-state index < -0.39 is 0 Å². The Kier molecular flexibility index (Phi) is 3.54. The first kappa shape index (κ1) is 12.3. The van der Waals surface area contributed by atoms with Crippen LogP contribution in [0.1, 0.15) is 32.6 Å². The fraction of sp³-hybridized carbons (Fsp3) is 0.333. The predicted octanol–water partition coefficient (Wildman–Crippen LogP) is 5.17. The molecular weight excluding hydrogens is 230 g/mol. The monoisotopic (exact) mass is 250 g/mol. The van der Waals surface area contributed by atoms with Gasteiger partial charge in [-0.05, 0) is 30.7 Å².